The second-order valence-corrected chi connectivity index (χ2v) is 9.88. The zero-order valence-corrected chi connectivity index (χ0v) is 19.5. The molecule has 0 bridgehead atoms. The molecule has 4 rings (SSSR count). The van der Waals surface area contributed by atoms with Crippen LogP contribution in [-0.4, -0.2) is 24.2 Å². The van der Waals surface area contributed by atoms with Crippen LogP contribution in [0.25, 0.3) is 11.3 Å². The number of nitro groups is 1. The molecular formula is C22H15ClN4O5S2. The predicted molar refractivity (Wildman–Crippen MR) is 131 cm³/mol. The van der Waals surface area contributed by atoms with E-state index in [1.54, 1.807) is 29.6 Å². The molecule has 4 aromatic rings. The molecule has 12 heteroatoms. The van der Waals surface area contributed by atoms with Crippen molar-refractivity contribution in [2.24, 2.45) is 0 Å². The van der Waals surface area contributed by atoms with E-state index in [0.717, 1.165) is 11.3 Å². The first-order chi connectivity index (χ1) is 16.2. The van der Waals surface area contributed by atoms with E-state index in [2.05, 4.69) is 15.0 Å². The summed E-state index contributed by atoms with van der Waals surface area (Å²) in [6, 6.07) is 17.8. The summed E-state index contributed by atoms with van der Waals surface area (Å²) in [6.07, 6.45) is 0. The molecule has 34 heavy (non-hydrogen) atoms. The highest BCUT2D eigenvalue weighted by Crippen LogP contribution is 2.28. The highest BCUT2D eigenvalue weighted by atomic mass is 35.5. The van der Waals surface area contributed by atoms with E-state index in [1.165, 1.54) is 48.5 Å². The number of aromatic nitrogens is 1. The van der Waals surface area contributed by atoms with E-state index in [1.807, 2.05) is 0 Å². The van der Waals surface area contributed by atoms with E-state index >= 15 is 0 Å². The Balaban J connectivity index is 1.55. The molecule has 0 spiro atoms. The maximum Gasteiger partial charge on any atom is 0.270 e. The Morgan fingerprint density at radius 1 is 1.03 bits per heavy atom. The Morgan fingerprint density at radius 2 is 1.76 bits per heavy atom. The standard InChI is InChI=1S/C22H15ClN4O5S2/c23-15-8-10-17(11-9-15)34(31,32)26-19-7-2-1-6-18(19)21(28)25-22-24-20(13-33-22)14-4-3-5-16(12-14)27(29)30/h1-13,26H,(H,24,25,28). The number of nitro benzene ring substituents is 1. The van der Waals surface area contributed by atoms with Gasteiger partial charge in [-0.05, 0) is 36.4 Å². The number of nitrogens with one attached hydrogen (secondary N) is 2. The van der Waals surface area contributed by atoms with Gasteiger partial charge in [-0.1, -0.05) is 35.9 Å². The molecule has 0 aliphatic carbocycles. The Hall–Kier alpha value is -3.80. The number of carbonyl (C=O) groups is 1. The van der Waals surface area contributed by atoms with Gasteiger partial charge < -0.3 is 0 Å². The molecule has 1 heterocycles. The lowest BCUT2D eigenvalue weighted by Gasteiger charge is -2.12. The van der Waals surface area contributed by atoms with Crippen LogP contribution in [0.3, 0.4) is 0 Å². The van der Waals surface area contributed by atoms with Crippen LogP contribution in [0, 0.1) is 10.1 Å². The number of carbonyl (C=O) groups excluding carboxylic acids is 1. The molecule has 0 saturated carbocycles. The Morgan fingerprint density at radius 3 is 2.50 bits per heavy atom. The number of nitrogens with zero attached hydrogens (tertiary/aromatic N) is 2. The first-order valence-corrected chi connectivity index (χ1v) is 12.4. The fraction of sp³-hybridized carbons (Fsp3) is 0. The van der Waals surface area contributed by atoms with Crippen molar-refractivity contribution in [3.05, 3.63) is 98.9 Å². The predicted octanol–water partition coefficient (Wildman–Crippen LogP) is 5.42. The largest absolute Gasteiger partial charge is 0.298 e. The van der Waals surface area contributed by atoms with Gasteiger partial charge in [0.15, 0.2) is 5.13 Å². The summed E-state index contributed by atoms with van der Waals surface area (Å²) in [4.78, 5) is 27.7. The first-order valence-electron chi connectivity index (χ1n) is 9.62. The molecule has 9 nitrogen and oxygen atoms in total. The second kappa shape index (κ2) is 9.59. The van der Waals surface area contributed by atoms with E-state index in [4.69, 9.17) is 11.6 Å². The zero-order chi connectivity index (χ0) is 24.3. The summed E-state index contributed by atoms with van der Waals surface area (Å²) in [5.41, 5.74) is 1.10. The van der Waals surface area contributed by atoms with E-state index < -0.39 is 20.9 Å². The van der Waals surface area contributed by atoms with Crippen molar-refractivity contribution in [1.82, 2.24) is 4.98 Å². The third-order valence-corrected chi connectivity index (χ3v) is 7.01. The minimum absolute atomic E-state index is 0.00590. The normalized spacial score (nSPS) is 11.1. The molecule has 2 N–H and O–H groups in total. The molecule has 0 fully saturated rings. The topological polar surface area (TPSA) is 131 Å². The van der Waals surface area contributed by atoms with Gasteiger partial charge in [0, 0.05) is 28.1 Å². The third kappa shape index (κ3) is 5.22. The van der Waals surface area contributed by atoms with Crippen LogP contribution in [-0.2, 0) is 10.0 Å². The maximum absolute atomic E-state index is 12.9. The van der Waals surface area contributed by atoms with Crippen LogP contribution in [0.4, 0.5) is 16.5 Å². The van der Waals surface area contributed by atoms with Crippen molar-refractivity contribution in [2.45, 2.75) is 4.90 Å². The van der Waals surface area contributed by atoms with Gasteiger partial charge in [-0.2, -0.15) is 0 Å². The van der Waals surface area contributed by atoms with E-state index in [-0.39, 0.29) is 27.0 Å². The van der Waals surface area contributed by atoms with Crippen LogP contribution >= 0.6 is 22.9 Å². The number of halogens is 1. The van der Waals surface area contributed by atoms with Gasteiger partial charge in [0.25, 0.3) is 21.6 Å². The minimum atomic E-state index is -3.96. The number of sulfonamides is 1. The van der Waals surface area contributed by atoms with Gasteiger partial charge in [0.2, 0.25) is 0 Å². The molecule has 0 aliphatic rings. The van der Waals surface area contributed by atoms with Crippen LogP contribution in [0.1, 0.15) is 10.4 Å². The number of anilines is 2. The smallest absolute Gasteiger partial charge is 0.270 e. The highest BCUT2D eigenvalue weighted by molar-refractivity contribution is 7.92. The molecular weight excluding hydrogens is 500 g/mol. The Labute approximate surface area is 203 Å². The van der Waals surface area contributed by atoms with Crippen molar-refractivity contribution < 1.29 is 18.1 Å². The maximum atomic E-state index is 12.9. The first kappa shape index (κ1) is 23.4. The van der Waals surface area contributed by atoms with Crippen molar-refractivity contribution in [1.29, 1.82) is 0 Å². The second-order valence-electron chi connectivity index (χ2n) is 6.90. The van der Waals surface area contributed by atoms with Crippen molar-refractivity contribution in [2.75, 3.05) is 10.0 Å². The van der Waals surface area contributed by atoms with Crippen molar-refractivity contribution in [3.63, 3.8) is 0 Å². The summed E-state index contributed by atoms with van der Waals surface area (Å²) in [5, 5.41) is 15.9. The summed E-state index contributed by atoms with van der Waals surface area (Å²) in [7, 11) is -3.96. The SMILES string of the molecule is O=C(Nc1nc(-c2cccc([N+](=O)[O-])c2)cs1)c1ccccc1NS(=O)(=O)c1ccc(Cl)cc1. The van der Waals surface area contributed by atoms with Gasteiger partial charge >= 0.3 is 0 Å². The molecule has 0 saturated heterocycles. The summed E-state index contributed by atoms with van der Waals surface area (Å²) in [6.45, 7) is 0. The van der Waals surface area contributed by atoms with Crippen LogP contribution in [0.5, 0.6) is 0 Å². The number of para-hydroxylation sites is 1. The molecule has 0 unspecified atom stereocenters. The lowest BCUT2D eigenvalue weighted by atomic mass is 10.1. The van der Waals surface area contributed by atoms with Gasteiger partial charge in [-0.3, -0.25) is 24.9 Å². The fourth-order valence-electron chi connectivity index (χ4n) is 2.99. The zero-order valence-electron chi connectivity index (χ0n) is 17.1. The van der Waals surface area contributed by atoms with Crippen LogP contribution in [0.15, 0.2) is 83.1 Å². The highest BCUT2D eigenvalue weighted by Gasteiger charge is 2.19. The monoisotopic (exact) mass is 514 g/mol. The lowest BCUT2D eigenvalue weighted by Crippen LogP contribution is -2.18. The molecule has 1 amide bonds. The summed E-state index contributed by atoms with van der Waals surface area (Å²) in [5.74, 6) is -0.575. The van der Waals surface area contributed by atoms with Crippen molar-refractivity contribution in [3.8, 4) is 11.3 Å². The summed E-state index contributed by atoms with van der Waals surface area (Å²) < 4.78 is 27.9. The van der Waals surface area contributed by atoms with Crippen molar-refractivity contribution >= 4 is 55.4 Å². The molecule has 172 valence electrons. The number of non-ortho nitro benzene ring substituents is 1. The number of hydrogen-bond acceptors (Lipinski definition) is 7. The van der Waals surface area contributed by atoms with Gasteiger partial charge in [-0.25, -0.2) is 13.4 Å². The number of thiazole rings is 1. The molecule has 0 radical (unpaired) electrons. The molecule has 0 atom stereocenters. The quantitative estimate of drug-likeness (QED) is 0.250. The lowest BCUT2D eigenvalue weighted by molar-refractivity contribution is -0.384. The molecule has 3 aromatic carbocycles. The third-order valence-electron chi connectivity index (χ3n) is 4.62. The van der Waals surface area contributed by atoms with Gasteiger partial charge in [0.1, 0.15) is 0 Å². The average Bonchev–Trinajstić information content (AvgIpc) is 3.28. The molecule has 1 aromatic heterocycles. The number of hydrogen-bond donors (Lipinski definition) is 2. The number of amides is 1. The number of rotatable bonds is 7. The van der Waals surface area contributed by atoms with Gasteiger partial charge in [0.05, 0.1) is 26.8 Å². The Bertz CT molecular complexity index is 1490. The average molecular weight is 515 g/mol. The fourth-order valence-corrected chi connectivity index (χ4v) is 4.92. The minimum Gasteiger partial charge on any atom is -0.298 e. The van der Waals surface area contributed by atoms with Crippen LogP contribution < -0.4 is 10.0 Å². The Kier molecular flexibility index (Phi) is 6.59. The summed E-state index contributed by atoms with van der Waals surface area (Å²) >= 11 is 6.96. The van der Waals surface area contributed by atoms with Crippen LogP contribution in [0.2, 0.25) is 5.02 Å². The molecule has 0 aliphatic heterocycles. The van der Waals surface area contributed by atoms with Gasteiger partial charge in [-0.15, -0.1) is 11.3 Å². The number of benzene rings is 3. The van der Waals surface area contributed by atoms with E-state index in [9.17, 15) is 23.3 Å². The van der Waals surface area contributed by atoms with E-state index in [0.29, 0.717) is 16.3 Å².